The molecule has 9 heteroatoms. The zero-order valence-electron chi connectivity index (χ0n) is 8.04. The summed E-state index contributed by atoms with van der Waals surface area (Å²) in [6, 6.07) is -0.820. The Morgan fingerprint density at radius 2 is 1.87 bits per heavy atom. The average Bonchev–Trinajstić information content (AvgIpc) is 2.12. The zero-order valence-corrected chi connectivity index (χ0v) is 8.04. The Bertz CT molecular complexity index is 216. The van der Waals surface area contributed by atoms with Crippen molar-refractivity contribution in [2.75, 3.05) is 6.54 Å². The molecule has 0 rings (SSSR count). The summed E-state index contributed by atoms with van der Waals surface area (Å²) in [5, 5.41) is 16.3. The molecule has 0 spiro atoms. The Morgan fingerprint density at radius 1 is 1.40 bits per heavy atom. The predicted octanol–water partition coefficient (Wildman–Crippen LogP) is -1.41. The Hall–Kier alpha value is -1.90. The monoisotopic (exact) mass is 221 g/mol. The first-order valence-corrected chi connectivity index (χ1v) is 3.96. The summed E-state index contributed by atoms with van der Waals surface area (Å²) < 4.78 is 0. The van der Waals surface area contributed by atoms with Gasteiger partial charge in [-0.25, -0.2) is 0 Å². The van der Waals surface area contributed by atoms with Crippen molar-refractivity contribution in [3.05, 3.63) is 4.91 Å². The van der Waals surface area contributed by atoms with Gasteiger partial charge in [0.05, 0.1) is 0 Å². The maximum atomic E-state index is 10.2. The van der Waals surface area contributed by atoms with Crippen LogP contribution in [-0.2, 0) is 4.79 Å². The molecule has 15 heavy (non-hydrogen) atoms. The number of nitrogens with two attached hydrogens (primary N) is 3. The van der Waals surface area contributed by atoms with Crippen molar-refractivity contribution in [2.45, 2.75) is 18.9 Å². The predicted molar refractivity (Wildman–Crippen MR) is 53.1 cm³/mol. The summed E-state index contributed by atoms with van der Waals surface area (Å²) in [4.78, 5) is 22.0. The van der Waals surface area contributed by atoms with Gasteiger partial charge >= 0.3 is 5.97 Å². The molecule has 1 atom stereocenters. The van der Waals surface area contributed by atoms with E-state index in [0.29, 0.717) is 19.4 Å². The van der Waals surface area contributed by atoms with Crippen LogP contribution >= 0.6 is 0 Å². The van der Waals surface area contributed by atoms with Gasteiger partial charge in [0.25, 0.3) is 0 Å². The van der Waals surface area contributed by atoms with E-state index in [4.69, 9.17) is 32.4 Å². The maximum absolute atomic E-state index is 10.2. The highest BCUT2D eigenvalue weighted by molar-refractivity contribution is 5.75. The fraction of sp³-hybridized carbons (Fsp3) is 0.667. The molecule has 0 heterocycles. The molecule has 0 aromatic carbocycles. The van der Waals surface area contributed by atoms with Gasteiger partial charge in [-0.1, -0.05) is 0 Å². The van der Waals surface area contributed by atoms with Crippen molar-refractivity contribution in [3.63, 3.8) is 0 Å². The number of guanidine groups is 1. The van der Waals surface area contributed by atoms with Gasteiger partial charge in [-0.3, -0.25) is 9.79 Å². The van der Waals surface area contributed by atoms with Crippen LogP contribution in [0.2, 0.25) is 0 Å². The lowest BCUT2D eigenvalue weighted by molar-refractivity contribution is -0.138. The number of aliphatic imine (C=N–C) groups is 1. The van der Waals surface area contributed by atoms with Crippen LogP contribution in [0.3, 0.4) is 0 Å². The summed E-state index contributed by atoms with van der Waals surface area (Å²) in [5.41, 5.74) is 15.3. The van der Waals surface area contributed by atoms with Crippen molar-refractivity contribution in [1.82, 2.24) is 0 Å². The minimum absolute atomic E-state index is 0.0129. The lowest BCUT2D eigenvalue weighted by Crippen LogP contribution is -2.30. The number of carbonyl (C=O) groups is 1. The molecule has 0 aliphatic heterocycles. The van der Waals surface area contributed by atoms with Crippen LogP contribution in [-0.4, -0.2) is 34.8 Å². The molecule has 0 bridgehead atoms. The Balaban J connectivity index is 0. The fourth-order valence-electron chi connectivity index (χ4n) is 0.643. The van der Waals surface area contributed by atoms with Crippen LogP contribution in [0.4, 0.5) is 0 Å². The molecule has 0 aliphatic carbocycles. The molecule has 0 radical (unpaired) electrons. The van der Waals surface area contributed by atoms with Crippen LogP contribution in [0.25, 0.3) is 0 Å². The van der Waals surface area contributed by atoms with Gasteiger partial charge in [-0.2, -0.15) is 0 Å². The normalized spacial score (nSPS) is 10.5. The van der Waals surface area contributed by atoms with Gasteiger partial charge in [0.1, 0.15) is 6.04 Å². The summed E-state index contributed by atoms with van der Waals surface area (Å²) in [6.07, 6.45) is 0.956. The zero-order chi connectivity index (χ0) is 12.3. The standard InChI is InChI=1S/C6H14N4O2.HNO2/c7-4(5(11)12)2-1-3-10-6(8)9;2-1-3/h4H,1-3,7H2,(H,11,12)(H4,8,9,10);(H,2,3)/t4-;/m0./s1. The van der Waals surface area contributed by atoms with Gasteiger partial charge in [0.2, 0.25) is 0 Å². The van der Waals surface area contributed by atoms with Gasteiger partial charge in [0.15, 0.2) is 11.3 Å². The molecular formula is C6H15N5O4. The fourth-order valence-corrected chi connectivity index (χ4v) is 0.643. The Morgan fingerprint density at radius 3 is 2.20 bits per heavy atom. The average molecular weight is 221 g/mol. The van der Waals surface area contributed by atoms with Crippen LogP contribution in [0.15, 0.2) is 10.3 Å². The summed E-state index contributed by atoms with van der Waals surface area (Å²) >= 11 is 0. The summed E-state index contributed by atoms with van der Waals surface area (Å²) in [6.45, 7) is 0.420. The quantitative estimate of drug-likeness (QED) is 0.124. The third kappa shape index (κ3) is 14.9. The molecule has 8 N–H and O–H groups in total. The van der Waals surface area contributed by atoms with E-state index in [2.05, 4.69) is 4.99 Å². The highest BCUT2D eigenvalue weighted by Crippen LogP contribution is 1.94. The third-order valence-electron chi connectivity index (χ3n) is 1.28. The molecule has 0 aliphatic rings. The molecule has 88 valence electrons. The second-order valence-electron chi connectivity index (χ2n) is 2.48. The molecule has 0 saturated heterocycles. The van der Waals surface area contributed by atoms with E-state index < -0.39 is 12.0 Å². The van der Waals surface area contributed by atoms with E-state index in [1.807, 2.05) is 0 Å². The number of carboxylic acid groups (broad SMARTS) is 1. The molecular weight excluding hydrogens is 206 g/mol. The van der Waals surface area contributed by atoms with E-state index in [-0.39, 0.29) is 5.96 Å². The first kappa shape index (κ1) is 15.6. The van der Waals surface area contributed by atoms with E-state index >= 15 is 0 Å². The first-order chi connectivity index (χ1) is 6.95. The lowest BCUT2D eigenvalue weighted by Gasteiger charge is -2.03. The van der Waals surface area contributed by atoms with Crippen molar-refractivity contribution >= 4 is 11.9 Å². The molecule has 9 nitrogen and oxygen atoms in total. The van der Waals surface area contributed by atoms with Gasteiger partial charge in [-0.15, -0.1) is 4.91 Å². The second kappa shape index (κ2) is 10.2. The summed E-state index contributed by atoms with van der Waals surface area (Å²) in [5.74, 6) is -0.987. The number of carboxylic acids is 1. The highest BCUT2D eigenvalue weighted by Gasteiger charge is 2.09. The molecule has 0 aromatic rings. The van der Waals surface area contributed by atoms with Crippen LogP contribution in [0, 0.1) is 4.91 Å². The molecule has 0 saturated carbocycles. The Labute approximate surface area is 85.9 Å². The van der Waals surface area contributed by atoms with Crippen molar-refractivity contribution in [1.29, 1.82) is 0 Å². The van der Waals surface area contributed by atoms with E-state index in [1.54, 1.807) is 0 Å². The highest BCUT2D eigenvalue weighted by atomic mass is 16.6. The van der Waals surface area contributed by atoms with Crippen LogP contribution < -0.4 is 17.2 Å². The molecule has 0 fully saturated rings. The van der Waals surface area contributed by atoms with Crippen molar-refractivity contribution in [2.24, 2.45) is 27.5 Å². The second-order valence-corrected chi connectivity index (χ2v) is 2.48. The minimum Gasteiger partial charge on any atom is -0.480 e. The van der Waals surface area contributed by atoms with Gasteiger partial charge in [-0.05, 0) is 12.8 Å². The number of rotatable bonds is 5. The van der Waals surface area contributed by atoms with E-state index in [0.717, 1.165) is 0 Å². The third-order valence-corrected chi connectivity index (χ3v) is 1.28. The van der Waals surface area contributed by atoms with Crippen LogP contribution in [0.1, 0.15) is 12.8 Å². The SMILES string of the molecule is NC(N)=NCCC[C@H](N)C(=O)O.O=NO. The van der Waals surface area contributed by atoms with Crippen molar-refractivity contribution < 1.29 is 15.1 Å². The van der Waals surface area contributed by atoms with Crippen LogP contribution in [0.5, 0.6) is 0 Å². The number of hydrogen-bond acceptors (Lipinski definition) is 5. The van der Waals surface area contributed by atoms with Crippen molar-refractivity contribution in [3.8, 4) is 0 Å². The molecule has 0 aromatic heterocycles. The largest absolute Gasteiger partial charge is 0.480 e. The minimum atomic E-state index is -1.00. The maximum Gasteiger partial charge on any atom is 0.320 e. The number of aliphatic carboxylic acids is 1. The number of nitrogens with zero attached hydrogens (tertiary/aromatic N) is 2. The molecule has 0 unspecified atom stereocenters. The van der Waals surface area contributed by atoms with E-state index in [1.165, 1.54) is 5.34 Å². The number of hydrogen-bond donors (Lipinski definition) is 5. The van der Waals surface area contributed by atoms with Gasteiger partial charge < -0.3 is 27.5 Å². The first-order valence-electron chi connectivity index (χ1n) is 3.96. The lowest BCUT2D eigenvalue weighted by atomic mass is 10.2. The smallest absolute Gasteiger partial charge is 0.320 e. The summed E-state index contributed by atoms with van der Waals surface area (Å²) in [7, 11) is 0. The Kier molecular flexibility index (Phi) is 10.6. The molecule has 0 amide bonds. The van der Waals surface area contributed by atoms with Gasteiger partial charge in [0, 0.05) is 6.54 Å². The topological polar surface area (TPSA) is 177 Å². The van der Waals surface area contributed by atoms with E-state index in [9.17, 15) is 4.79 Å².